The Morgan fingerprint density at radius 1 is 0.944 bits per heavy atom. The van der Waals surface area contributed by atoms with Crippen LogP contribution in [0.2, 0.25) is 0 Å². The van der Waals surface area contributed by atoms with Crippen LogP contribution in [0.25, 0.3) is 0 Å². The molecular weight excluding hydrogens is 363 g/mol. The molecule has 2 rings (SSSR count). The van der Waals surface area contributed by atoms with Gasteiger partial charge in [0.1, 0.15) is 10.1 Å². The molecule has 0 unspecified atom stereocenters. The molecular formula is C13H12IO3S-. The minimum absolute atomic E-state index is 0.178. The molecule has 0 saturated carbocycles. The molecule has 0 saturated heterocycles. The Morgan fingerprint density at radius 2 is 1.44 bits per heavy atom. The van der Waals surface area contributed by atoms with E-state index >= 15 is 0 Å². The van der Waals surface area contributed by atoms with Gasteiger partial charge in [-0.2, -0.15) is 0 Å². The molecule has 18 heavy (non-hydrogen) atoms. The second-order valence-electron chi connectivity index (χ2n) is 3.56. The molecule has 5 heteroatoms. The fraction of sp³-hybridized carbons (Fsp3) is 0.0769. The standard InChI is InChI=1S/C7H8O3S.C6H5I/c1-6-2-4-7(5-3-6)11(8,9)10;7-6-4-2-1-3-5-6/h2-5H,1H3,(H,8,9,10);1-5H/p-1. The van der Waals surface area contributed by atoms with Crippen LogP contribution in [0.1, 0.15) is 5.56 Å². The molecule has 0 heterocycles. The Kier molecular flexibility index (Phi) is 5.77. The van der Waals surface area contributed by atoms with Crippen LogP contribution in [-0.4, -0.2) is 13.0 Å². The first kappa shape index (κ1) is 15.1. The maximum Gasteiger partial charge on any atom is 0.124 e. The molecule has 96 valence electrons. The normalized spacial score (nSPS) is 10.4. The van der Waals surface area contributed by atoms with Gasteiger partial charge >= 0.3 is 0 Å². The van der Waals surface area contributed by atoms with E-state index in [0.717, 1.165) is 5.56 Å². The fourth-order valence-electron chi connectivity index (χ4n) is 1.12. The molecule has 0 bridgehead atoms. The number of rotatable bonds is 1. The molecule has 0 radical (unpaired) electrons. The van der Waals surface area contributed by atoms with Crippen LogP contribution in [-0.2, 0) is 10.1 Å². The largest absolute Gasteiger partial charge is 0.744 e. The highest BCUT2D eigenvalue weighted by Crippen LogP contribution is 2.08. The summed E-state index contributed by atoms with van der Waals surface area (Å²) in [6, 6.07) is 16.0. The predicted molar refractivity (Wildman–Crippen MR) is 78.3 cm³/mol. The lowest BCUT2D eigenvalue weighted by atomic mass is 10.2. The van der Waals surface area contributed by atoms with Crippen molar-refractivity contribution in [2.45, 2.75) is 11.8 Å². The highest BCUT2D eigenvalue weighted by atomic mass is 127. The quantitative estimate of drug-likeness (QED) is 0.568. The zero-order chi connectivity index (χ0) is 13.6. The van der Waals surface area contributed by atoms with Crippen molar-refractivity contribution in [1.82, 2.24) is 0 Å². The Balaban J connectivity index is 0.000000199. The monoisotopic (exact) mass is 375 g/mol. The molecule has 0 aliphatic carbocycles. The maximum atomic E-state index is 10.4. The van der Waals surface area contributed by atoms with Gasteiger partial charge in [0.2, 0.25) is 0 Å². The van der Waals surface area contributed by atoms with Gasteiger partial charge in [0.25, 0.3) is 0 Å². The van der Waals surface area contributed by atoms with Crippen LogP contribution in [0.5, 0.6) is 0 Å². The van der Waals surface area contributed by atoms with E-state index in [0.29, 0.717) is 0 Å². The number of aryl methyl sites for hydroxylation is 1. The van der Waals surface area contributed by atoms with Gasteiger partial charge in [-0.15, -0.1) is 0 Å². The van der Waals surface area contributed by atoms with Crippen LogP contribution < -0.4 is 0 Å². The summed E-state index contributed by atoms with van der Waals surface area (Å²) in [6.07, 6.45) is 0. The Bertz CT molecular complexity index is 577. The van der Waals surface area contributed by atoms with Crippen LogP contribution in [0.15, 0.2) is 59.5 Å². The summed E-state index contributed by atoms with van der Waals surface area (Å²) in [5.41, 5.74) is 0.928. The van der Waals surface area contributed by atoms with E-state index in [1.54, 1.807) is 12.1 Å². The smallest absolute Gasteiger partial charge is 0.124 e. The van der Waals surface area contributed by atoms with E-state index in [9.17, 15) is 13.0 Å². The van der Waals surface area contributed by atoms with E-state index < -0.39 is 10.1 Å². The van der Waals surface area contributed by atoms with Gasteiger partial charge in [-0.05, 0) is 53.8 Å². The third-order valence-corrected chi connectivity index (χ3v) is 3.61. The summed E-state index contributed by atoms with van der Waals surface area (Å²) in [7, 11) is -4.27. The van der Waals surface area contributed by atoms with Gasteiger partial charge in [0, 0.05) is 3.57 Å². The second kappa shape index (κ2) is 6.86. The lowest BCUT2D eigenvalue weighted by molar-refractivity contribution is 0.463. The summed E-state index contributed by atoms with van der Waals surface area (Å²) in [5.74, 6) is 0. The molecule has 0 spiro atoms. The van der Waals surface area contributed by atoms with Crippen molar-refractivity contribution in [3.63, 3.8) is 0 Å². The number of hydrogen-bond acceptors (Lipinski definition) is 3. The molecule has 0 fully saturated rings. The Hall–Kier alpha value is -0.920. The molecule has 0 aliphatic rings. The van der Waals surface area contributed by atoms with Gasteiger partial charge in [-0.25, -0.2) is 8.42 Å². The summed E-state index contributed by atoms with van der Waals surface area (Å²) in [4.78, 5) is -0.178. The zero-order valence-corrected chi connectivity index (χ0v) is 12.7. The molecule has 0 atom stereocenters. The lowest BCUT2D eigenvalue weighted by Gasteiger charge is -2.05. The minimum atomic E-state index is -4.27. The van der Waals surface area contributed by atoms with Gasteiger partial charge in [0.15, 0.2) is 0 Å². The summed E-state index contributed by atoms with van der Waals surface area (Å²) < 4.78 is 32.5. The lowest BCUT2D eigenvalue weighted by Crippen LogP contribution is -1.97. The van der Waals surface area contributed by atoms with Crippen LogP contribution in [0, 0.1) is 10.5 Å². The Morgan fingerprint density at radius 3 is 1.78 bits per heavy atom. The number of hydrogen-bond donors (Lipinski definition) is 0. The van der Waals surface area contributed by atoms with Crippen molar-refractivity contribution in [2.75, 3.05) is 0 Å². The van der Waals surface area contributed by atoms with Gasteiger partial charge in [-0.3, -0.25) is 0 Å². The highest BCUT2D eigenvalue weighted by molar-refractivity contribution is 14.1. The van der Waals surface area contributed by atoms with Crippen molar-refractivity contribution in [3.05, 3.63) is 63.7 Å². The van der Waals surface area contributed by atoms with E-state index in [4.69, 9.17) is 0 Å². The molecule has 0 aromatic heterocycles. The molecule has 0 amide bonds. The molecule has 2 aromatic rings. The summed E-state index contributed by atoms with van der Waals surface area (Å²) in [5, 5.41) is 0. The van der Waals surface area contributed by atoms with Crippen molar-refractivity contribution < 1.29 is 13.0 Å². The summed E-state index contributed by atoms with van der Waals surface area (Å²) >= 11 is 2.28. The van der Waals surface area contributed by atoms with E-state index in [1.165, 1.54) is 15.7 Å². The molecule has 0 aliphatic heterocycles. The summed E-state index contributed by atoms with van der Waals surface area (Å²) in [6.45, 7) is 1.82. The number of benzene rings is 2. The minimum Gasteiger partial charge on any atom is -0.744 e. The highest BCUT2D eigenvalue weighted by Gasteiger charge is 1.97. The van der Waals surface area contributed by atoms with E-state index in [1.807, 2.05) is 25.1 Å². The van der Waals surface area contributed by atoms with Gasteiger partial charge in [0.05, 0.1) is 4.90 Å². The van der Waals surface area contributed by atoms with E-state index in [2.05, 4.69) is 34.7 Å². The predicted octanol–water partition coefficient (Wildman–Crippen LogP) is 3.19. The van der Waals surface area contributed by atoms with Crippen molar-refractivity contribution in [3.8, 4) is 0 Å². The van der Waals surface area contributed by atoms with Crippen LogP contribution >= 0.6 is 22.6 Å². The SMILES string of the molecule is Cc1ccc(S(=O)(=O)[O-])cc1.Ic1ccccc1. The van der Waals surface area contributed by atoms with Crippen LogP contribution in [0.3, 0.4) is 0 Å². The Labute approximate surface area is 121 Å². The first-order valence-electron chi connectivity index (χ1n) is 5.13. The van der Waals surface area contributed by atoms with Crippen molar-refractivity contribution >= 4 is 32.7 Å². The average Bonchev–Trinajstić information content (AvgIpc) is 2.30. The first-order chi connectivity index (χ1) is 8.39. The maximum absolute atomic E-state index is 10.4. The first-order valence-corrected chi connectivity index (χ1v) is 7.61. The topological polar surface area (TPSA) is 57.2 Å². The molecule has 0 N–H and O–H groups in total. The van der Waals surface area contributed by atoms with Crippen molar-refractivity contribution in [2.24, 2.45) is 0 Å². The van der Waals surface area contributed by atoms with Gasteiger partial charge in [-0.1, -0.05) is 35.9 Å². The molecule has 3 nitrogen and oxygen atoms in total. The van der Waals surface area contributed by atoms with E-state index in [-0.39, 0.29) is 4.90 Å². The third-order valence-electron chi connectivity index (χ3n) is 2.04. The van der Waals surface area contributed by atoms with Crippen molar-refractivity contribution in [1.29, 1.82) is 0 Å². The van der Waals surface area contributed by atoms with Gasteiger partial charge < -0.3 is 4.55 Å². The second-order valence-corrected chi connectivity index (χ2v) is 6.19. The fourth-order valence-corrected chi connectivity index (χ4v) is 2.00. The average molecular weight is 375 g/mol. The zero-order valence-electron chi connectivity index (χ0n) is 9.71. The molecule has 2 aromatic carbocycles. The van der Waals surface area contributed by atoms with Crippen LogP contribution in [0.4, 0.5) is 0 Å². The third kappa shape index (κ3) is 5.61. The number of halogens is 1.